The Morgan fingerprint density at radius 2 is 1.50 bits per heavy atom. The molecule has 0 fully saturated rings. The molecule has 0 amide bonds. The minimum absolute atomic E-state index is 0.0950. The number of aryl methyl sites for hydroxylation is 1. The third-order valence-corrected chi connectivity index (χ3v) is 6.43. The quantitative estimate of drug-likeness (QED) is 0.378. The molecule has 9 heteroatoms. The van der Waals surface area contributed by atoms with E-state index in [9.17, 15) is 8.42 Å². The fourth-order valence-corrected chi connectivity index (χ4v) is 4.51. The third kappa shape index (κ3) is 5.64. The molecule has 0 aromatic heterocycles. The van der Waals surface area contributed by atoms with E-state index in [1.54, 1.807) is 12.1 Å². The highest BCUT2D eigenvalue weighted by Crippen LogP contribution is 2.25. The Bertz CT molecular complexity index is 1180. The smallest absolute Gasteiger partial charge is 0.261 e. The lowest BCUT2D eigenvalue weighted by Crippen LogP contribution is -2.20. The van der Waals surface area contributed by atoms with Gasteiger partial charge in [0.15, 0.2) is 5.11 Å². The summed E-state index contributed by atoms with van der Waals surface area (Å²) in [5.41, 5.74) is 4.12. The minimum atomic E-state index is -3.79. The van der Waals surface area contributed by atoms with Crippen LogP contribution in [0.2, 0.25) is 10.0 Å². The SMILES string of the molecule is Cc1cccc(NC(=S)Nc2ccc(S(=O)(=O)Nc3cc(Cl)cc(Cl)c3)cc2)c1C. The summed E-state index contributed by atoms with van der Waals surface area (Å²) in [5, 5.41) is 7.29. The molecule has 0 aliphatic rings. The van der Waals surface area contributed by atoms with Crippen molar-refractivity contribution in [1.29, 1.82) is 0 Å². The number of hydrogen-bond donors (Lipinski definition) is 3. The molecule has 0 atom stereocenters. The van der Waals surface area contributed by atoms with Gasteiger partial charge in [-0.25, -0.2) is 8.42 Å². The maximum atomic E-state index is 12.6. The summed E-state index contributed by atoms with van der Waals surface area (Å²) >= 11 is 17.2. The van der Waals surface area contributed by atoms with Gasteiger partial charge in [-0.05, 0) is 85.7 Å². The summed E-state index contributed by atoms with van der Waals surface area (Å²) in [6, 6.07) is 16.7. The van der Waals surface area contributed by atoms with Gasteiger partial charge in [-0.2, -0.15) is 0 Å². The van der Waals surface area contributed by atoms with Crippen LogP contribution in [0.15, 0.2) is 65.6 Å². The normalized spacial score (nSPS) is 11.1. The highest BCUT2D eigenvalue weighted by Gasteiger charge is 2.15. The van der Waals surface area contributed by atoms with Crippen molar-refractivity contribution in [3.63, 3.8) is 0 Å². The van der Waals surface area contributed by atoms with Crippen LogP contribution in [-0.2, 0) is 10.0 Å². The lowest BCUT2D eigenvalue weighted by atomic mass is 10.1. The summed E-state index contributed by atoms with van der Waals surface area (Å²) in [5.74, 6) is 0. The van der Waals surface area contributed by atoms with Gasteiger partial charge in [0.2, 0.25) is 0 Å². The molecule has 5 nitrogen and oxygen atoms in total. The fourth-order valence-electron chi connectivity index (χ4n) is 2.72. The van der Waals surface area contributed by atoms with E-state index in [1.807, 2.05) is 32.0 Å². The minimum Gasteiger partial charge on any atom is -0.332 e. The van der Waals surface area contributed by atoms with Gasteiger partial charge < -0.3 is 10.6 Å². The number of rotatable bonds is 5. The van der Waals surface area contributed by atoms with Gasteiger partial charge in [-0.3, -0.25) is 4.72 Å². The molecular formula is C21H19Cl2N3O2S2. The number of thiocarbonyl (C=S) groups is 1. The maximum absolute atomic E-state index is 12.6. The molecule has 0 spiro atoms. The summed E-state index contributed by atoms with van der Waals surface area (Å²) < 4.78 is 27.7. The molecule has 0 saturated carbocycles. The Hall–Kier alpha value is -2.32. The number of nitrogens with one attached hydrogen (secondary N) is 3. The standard InChI is InChI=1S/C21H19Cl2N3O2S2/c1-13-4-3-5-20(14(13)2)25-21(29)24-17-6-8-19(9-7-17)30(27,28)26-18-11-15(22)10-16(23)12-18/h3-12,26H,1-2H3,(H2,24,25,29). The first-order valence-corrected chi connectivity index (χ1v) is 11.5. The Kier molecular flexibility index (Phi) is 6.88. The molecule has 3 N–H and O–H groups in total. The van der Waals surface area contributed by atoms with Crippen LogP contribution in [-0.4, -0.2) is 13.5 Å². The van der Waals surface area contributed by atoms with Gasteiger partial charge in [-0.15, -0.1) is 0 Å². The third-order valence-electron chi connectivity index (χ3n) is 4.39. The molecule has 0 saturated heterocycles. The zero-order chi connectivity index (χ0) is 21.9. The lowest BCUT2D eigenvalue weighted by molar-refractivity contribution is 0.601. The molecule has 0 aliphatic heterocycles. The number of sulfonamides is 1. The van der Waals surface area contributed by atoms with Crippen LogP contribution in [0.1, 0.15) is 11.1 Å². The second kappa shape index (κ2) is 9.22. The molecule has 0 aliphatic carbocycles. The molecule has 0 heterocycles. The van der Waals surface area contributed by atoms with E-state index in [0.29, 0.717) is 20.8 Å². The zero-order valence-corrected chi connectivity index (χ0v) is 19.3. The summed E-state index contributed by atoms with van der Waals surface area (Å²) in [6.07, 6.45) is 0. The van der Waals surface area contributed by atoms with Crippen LogP contribution in [0.5, 0.6) is 0 Å². The monoisotopic (exact) mass is 479 g/mol. The van der Waals surface area contributed by atoms with E-state index in [-0.39, 0.29) is 10.6 Å². The van der Waals surface area contributed by atoms with Gasteiger partial charge in [0.25, 0.3) is 10.0 Å². The van der Waals surface area contributed by atoms with Crippen LogP contribution >= 0.6 is 35.4 Å². The number of halogens is 2. The van der Waals surface area contributed by atoms with Crippen molar-refractivity contribution in [3.05, 3.63) is 81.8 Å². The van der Waals surface area contributed by atoms with Gasteiger partial charge in [0, 0.05) is 21.4 Å². The Morgan fingerprint density at radius 3 is 2.13 bits per heavy atom. The summed E-state index contributed by atoms with van der Waals surface area (Å²) in [4.78, 5) is 0.0950. The van der Waals surface area contributed by atoms with E-state index >= 15 is 0 Å². The molecule has 0 unspecified atom stereocenters. The fraction of sp³-hybridized carbons (Fsp3) is 0.0952. The van der Waals surface area contributed by atoms with E-state index in [0.717, 1.165) is 16.8 Å². The van der Waals surface area contributed by atoms with Crippen LogP contribution in [0, 0.1) is 13.8 Å². The van der Waals surface area contributed by atoms with E-state index < -0.39 is 10.0 Å². The van der Waals surface area contributed by atoms with Gasteiger partial charge in [-0.1, -0.05) is 35.3 Å². The zero-order valence-electron chi connectivity index (χ0n) is 16.2. The van der Waals surface area contributed by atoms with Crippen molar-refractivity contribution in [2.75, 3.05) is 15.4 Å². The topological polar surface area (TPSA) is 70.2 Å². The van der Waals surface area contributed by atoms with Crippen molar-refractivity contribution >= 4 is 67.6 Å². The summed E-state index contributed by atoms with van der Waals surface area (Å²) in [7, 11) is -3.79. The van der Waals surface area contributed by atoms with Crippen LogP contribution in [0.25, 0.3) is 0 Å². The van der Waals surface area contributed by atoms with Crippen molar-refractivity contribution in [2.45, 2.75) is 18.7 Å². The number of hydrogen-bond acceptors (Lipinski definition) is 3. The largest absolute Gasteiger partial charge is 0.332 e. The molecule has 0 bridgehead atoms. The van der Waals surface area contributed by atoms with E-state index in [2.05, 4.69) is 15.4 Å². The molecular weight excluding hydrogens is 461 g/mol. The van der Waals surface area contributed by atoms with E-state index in [4.69, 9.17) is 35.4 Å². The first-order valence-electron chi connectivity index (χ1n) is 8.87. The van der Waals surface area contributed by atoms with Crippen molar-refractivity contribution in [3.8, 4) is 0 Å². The Labute approximate surface area is 191 Å². The maximum Gasteiger partial charge on any atom is 0.261 e. The predicted molar refractivity (Wildman–Crippen MR) is 129 cm³/mol. The average Bonchev–Trinajstić information content (AvgIpc) is 2.64. The number of anilines is 3. The first-order chi connectivity index (χ1) is 14.1. The molecule has 0 radical (unpaired) electrons. The van der Waals surface area contributed by atoms with Crippen LogP contribution in [0.3, 0.4) is 0 Å². The Balaban J connectivity index is 1.69. The highest BCUT2D eigenvalue weighted by atomic mass is 35.5. The first kappa shape index (κ1) is 22.4. The average molecular weight is 480 g/mol. The highest BCUT2D eigenvalue weighted by molar-refractivity contribution is 7.92. The molecule has 3 aromatic carbocycles. The molecule has 156 valence electrons. The van der Waals surface area contributed by atoms with E-state index in [1.165, 1.54) is 30.3 Å². The van der Waals surface area contributed by atoms with Crippen molar-refractivity contribution in [1.82, 2.24) is 0 Å². The second-order valence-electron chi connectivity index (χ2n) is 6.61. The molecule has 3 aromatic rings. The van der Waals surface area contributed by atoms with Crippen LogP contribution in [0.4, 0.5) is 17.1 Å². The van der Waals surface area contributed by atoms with Crippen LogP contribution < -0.4 is 15.4 Å². The van der Waals surface area contributed by atoms with Gasteiger partial charge in [0.05, 0.1) is 10.6 Å². The second-order valence-corrected chi connectivity index (χ2v) is 9.58. The van der Waals surface area contributed by atoms with Gasteiger partial charge >= 0.3 is 0 Å². The predicted octanol–water partition coefficient (Wildman–Crippen LogP) is 6.22. The number of benzene rings is 3. The lowest BCUT2D eigenvalue weighted by Gasteiger charge is -2.14. The van der Waals surface area contributed by atoms with Gasteiger partial charge in [0.1, 0.15) is 0 Å². The van der Waals surface area contributed by atoms with Crippen molar-refractivity contribution in [2.24, 2.45) is 0 Å². The Morgan fingerprint density at radius 1 is 0.867 bits per heavy atom. The van der Waals surface area contributed by atoms with Crippen molar-refractivity contribution < 1.29 is 8.42 Å². The molecule has 3 rings (SSSR count). The summed E-state index contributed by atoms with van der Waals surface area (Å²) in [6.45, 7) is 4.04. The molecule has 30 heavy (non-hydrogen) atoms.